The molecule has 8 rings (SSSR count). The van der Waals surface area contributed by atoms with Gasteiger partial charge in [-0.05, 0) is 79.9 Å². The normalized spacial score (nSPS) is 11.1. The van der Waals surface area contributed by atoms with Gasteiger partial charge in [0.1, 0.15) is 0 Å². The molecule has 0 aromatic heterocycles. The van der Waals surface area contributed by atoms with Crippen LogP contribution < -0.4 is 4.90 Å². The van der Waals surface area contributed by atoms with E-state index in [1.807, 2.05) is 0 Å². The first kappa shape index (κ1) is 26.7. The van der Waals surface area contributed by atoms with Crippen molar-refractivity contribution < 1.29 is 0 Å². The van der Waals surface area contributed by atoms with Crippen molar-refractivity contribution in [1.82, 2.24) is 0 Å². The van der Waals surface area contributed by atoms with Gasteiger partial charge in [0.15, 0.2) is 0 Å². The average molecular weight is 574 g/mol. The van der Waals surface area contributed by atoms with Gasteiger partial charge in [0.25, 0.3) is 0 Å². The molecule has 0 heterocycles. The van der Waals surface area contributed by atoms with Gasteiger partial charge in [0.05, 0.1) is 5.69 Å². The van der Waals surface area contributed by atoms with Crippen LogP contribution in [-0.4, -0.2) is 0 Å². The van der Waals surface area contributed by atoms with E-state index in [1.165, 1.54) is 54.9 Å². The van der Waals surface area contributed by atoms with E-state index in [2.05, 4.69) is 193 Å². The number of nitrogens with zero attached hydrogens (tertiary/aromatic N) is 1. The molecule has 45 heavy (non-hydrogen) atoms. The summed E-state index contributed by atoms with van der Waals surface area (Å²) < 4.78 is 0. The van der Waals surface area contributed by atoms with E-state index in [4.69, 9.17) is 0 Å². The third-order valence-corrected chi connectivity index (χ3v) is 8.67. The summed E-state index contributed by atoms with van der Waals surface area (Å²) in [5, 5.41) is 4.94. The van der Waals surface area contributed by atoms with E-state index < -0.39 is 0 Å². The molecule has 0 spiro atoms. The van der Waals surface area contributed by atoms with E-state index >= 15 is 0 Å². The summed E-state index contributed by atoms with van der Waals surface area (Å²) in [6, 6.07) is 67.6. The Hall–Kier alpha value is -5.92. The fraction of sp³-hybridized carbons (Fsp3) is 0. The van der Waals surface area contributed by atoms with Gasteiger partial charge in [0, 0.05) is 16.8 Å². The Kier molecular flexibility index (Phi) is 6.90. The predicted octanol–water partition coefficient (Wildman–Crippen LogP) is 12.5. The average Bonchev–Trinajstić information content (AvgIpc) is 3.13. The molecule has 1 heteroatoms. The van der Waals surface area contributed by atoms with Gasteiger partial charge in [0.2, 0.25) is 0 Å². The van der Waals surface area contributed by atoms with Crippen LogP contribution >= 0.6 is 0 Å². The molecule has 0 saturated heterocycles. The molecule has 0 amide bonds. The van der Waals surface area contributed by atoms with E-state index in [1.54, 1.807) is 0 Å². The highest BCUT2D eigenvalue weighted by molar-refractivity contribution is 6.05. The van der Waals surface area contributed by atoms with Gasteiger partial charge < -0.3 is 4.90 Å². The fourth-order valence-corrected chi connectivity index (χ4v) is 6.48. The third-order valence-electron chi connectivity index (χ3n) is 8.67. The molecule has 8 aromatic carbocycles. The molecule has 0 aliphatic rings. The molecular weight excluding hydrogens is 542 g/mol. The van der Waals surface area contributed by atoms with Crippen molar-refractivity contribution in [3.8, 4) is 33.4 Å². The first-order valence-electron chi connectivity index (χ1n) is 15.4. The molecule has 0 aliphatic carbocycles. The zero-order chi connectivity index (χ0) is 30.0. The maximum Gasteiger partial charge on any atom is 0.0540 e. The summed E-state index contributed by atoms with van der Waals surface area (Å²) in [5.74, 6) is 0. The number of benzene rings is 8. The van der Waals surface area contributed by atoms with E-state index in [0.717, 1.165) is 17.1 Å². The van der Waals surface area contributed by atoms with E-state index in [9.17, 15) is 0 Å². The largest absolute Gasteiger partial charge is 0.310 e. The van der Waals surface area contributed by atoms with Gasteiger partial charge >= 0.3 is 0 Å². The predicted molar refractivity (Wildman–Crippen MR) is 192 cm³/mol. The molecule has 0 aliphatic heterocycles. The number of anilines is 3. The summed E-state index contributed by atoms with van der Waals surface area (Å²) in [7, 11) is 0. The molecule has 0 N–H and O–H groups in total. The highest BCUT2D eigenvalue weighted by Crippen LogP contribution is 2.42. The van der Waals surface area contributed by atoms with Crippen molar-refractivity contribution >= 4 is 38.6 Å². The summed E-state index contributed by atoms with van der Waals surface area (Å²) >= 11 is 0. The maximum absolute atomic E-state index is 2.38. The van der Waals surface area contributed by atoms with Crippen molar-refractivity contribution in [1.29, 1.82) is 0 Å². The SMILES string of the molecule is c1ccc(-c2ccc(N(c3ccc(-c4c(-c5ccccc5)ccc5ccccc45)cc3)c3cccc4ccccc34)cc2)cc1. The molecule has 1 nitrogen and oxygen atoms in total. The van der Waals surface area contributed by atoms with Crippen LogP contribution in [0.25, 0.3) is 54.9 Å². The van der Waals surface area contributed by atoms with Gasteiger partial charge in [-0.2, -0.15) is 0 Å². The molecule has 0 radical (unpaired) electrons. The zero-order valence-corrected chi connectivity index (χ0v) is 24.8. The topological polar surface area (TPSA) is 3.24 Å². The van der Waals surface area contributed by atoms with Crippen LogP contribution in [0.5, 0.6) is 0 Å². The lowest BCUT2D eigenvalue weighted by Crippen LogP contribution is -2.10. The molecule has 212 valence electrons. The second-order valence-corrected chi connectivity index (χ2v) is 11.4. The molecular formula is C44H31N. The Labute approximate surface area is 264 Å². The van der Waals surface area contributed by atoms with E-state index in [0.29, 0.717) is 0 Å². The van der Waals surface area contributed by atoms with Crippen LogP contribution in [0.15, 0.2) is 188 Å². The monoisotopic (exact) mass is 573 g/mol. The quantitative estimate of drug-likeness (QED) is 0.191. The molecule has 8 aromatic rings. The van der Waals surface area contributed by atoms with Crippen LogP contribution in [0, 0.1) is 0 Å². The number of rotatable bonds is 6. The van der Waals surface area contributed by atoms with E-state index in [-0.39, 0.29) is 0 Å². The van der Waals surface area contributed by atoms with Crippen molar-refractivity contribution in [2.75, 3.05) is 4.90 Å². The Morgan fingerprint density at radius 3 is 1.44 bits per heavy atom. The Morgan fingerprint density at radius 2 is 0.778 bits per heavy atom. The minimum atomic E-state index is 1.11. The molecule has 0 fully saturated rings. The first-order valence-corrected chi connectivity index (χ1v) is 15.4. The van der Waals surface area contributed by atoms with Gasteiger partial charge in [-0.3, -0.25) is 0 Å². The highest BCUT2D eigenvalue weighted by atomic mass is 15.1. The summed E-state index contributed by atoms with van der Waals surface area (Å²) in [4.78, 5) is 2.38. The summed E-state index contributed by atoms with van der Waals surface area (Å²) in [5.41, 5.74) is 10.7. The second-order valence-electron chi connectivity index (χ2n) is 11.4. The number of hydrogen-bond acceptors (Lipinski definition) is 1. The summed E-state index contributed by atoms with van der Waals surface area (Å²) in [6.45, 7) is 0. The zero-order valence-electron chi connectivity index (χ0n) is 24.8. The number of fused-ring (bicyclic) bond motifs is 2. The minimum absolute atomic E-state index is 1.11. The molecule has 0 atom stereocenters. The fourth-order valence-electron chi connectivity index (χ4n) is 6.48. The maximum atomic E-state index is 2.38. The van der Waals surface area contributed by atoms with Crippen LogP contribution in [0.1, 0.15) is 0 Å². The third kappa shape index (κ3) is 5.05. The lowest BCUT2D eigenvalue weighted by molar-refractivity contribution is 1.30. The van der Waals surface area contributed by atoms with Crippen molar-refractivity contribution in [3.05, 3.63) is 188 Å². The van der Waals surface area contributed by atoms with Gasteiger partial charge in [-0.25, -0.2) is 0 Å². The van der Waals surface area contributed by atoms with Crippen LogP contribution in [0.2, 0.25) is 0 Å². The molecule has 0 unspecified atom stereocenters. The van der Waals surface area contributed by atoms with Gasteiger partial charge in [-0.15, -0.1) is 0 Å². The lowest BCUT2D eigenvalue weighted by atomic mass is 9.89. The van der Waals surface area contributed by atoms with Gasteiger partial charge in [-0.1, -0.05) is 158 Å². The minimum Gasteiger partial charge on any atom is -0.310 e. The standard InChI is InChI=1S/C44H31N/c1-3-12-32(13-4-1)33-22-27-38(28-23-33)45(43-21-11-18-34-16-7-9-19-40(34)43)39-29-24-37(25-30-39)44-41-20-10-8-17-36(41)26-31-42(44)35-14-5-2-6-15-35/h1-31H. The summed E-state index contributed by atoms with van der Waals surface area (Å²) in [6.07, 6.45) is 0. The lowest BCUT2D eigenvalue weighted by Gasteiger charge is -2.27. The number of hydrogen-bond donors (Lipinski definition) is 0. The van der Waals surface area contributed by atoms with Crippen LogP contribution in [0.3, 0.4) is 0 Å². The smallest absolute Gasteiger partial charge is 0.0540 e. The van der Waals surface area contributed by atoms with Crippen molar-refractivity contribution in [2.45, 2.75) is 0 Å². The molecule has 0 bridgehead atoms. The van der Waals surface area contributed by atoms with Crippen LogP contribution in [-0.2, 0) is 0 Å². The second kappa shape index (κ2) is 11.6. The Balaban J connectivity index is 1.28. The Bertz CT molecular complexity index is 2230. The van der Waals surface area contributed by atoms with Crippen molar-refractivity contribution in [2.24, 2.45) is 0 Å². The Morgan fingerprint density at radius 1 is 0.289 bits per heavy atom. The molecule has 0 saturated carbocycles. The highest BCUT2D eigenvalue weighted by Gasteiger charge is 2.17. The van der Waals surface area contributed by atoms with Crippen LogP contribution in [0.4, 0.5) is 17.1 Å². The van der Waals surface area contributed by atoms with Crippen molar-refractivity contribution in [3.63, 3.8) is 0 Å². The first-order chi connectivity index (χ1) is 22.3.